The largest absolute Gasteiger partial charge is 0.323 e. The van der Waals surface area contributed by atoms with Gasteiger partial charge in [-0.3, -0.25) is 9.78 Å². The number of fused-ring (bicyclic) bond motifs is 1. The maximum atomic E-state index is 12.3. The van der Waals surface area contributed by atoms with E-state index in [0.717, 1.165) is 16.5 Å². The number of rotatable bonds is 2. The minimum Gasteiger partial charge on any atom is -0.323 e. The van der Waals surface area contributed by atoms with Crippen LogP contribution in [-0.4, -0.2) is 16.9 Å². The highest BCUT2D eigenvalue weighted by molar-refractivity contribution is 6.35. The van der Waals surface area contributed by atoms with Crippen LogP contribution >= 0.6 is 11.6 Å². The normalized spacial score (nSPS) is 13.2. The van der Waals surface area contributed by atoms with E-state index in [2.05, 4.69) is 10.3 Å². The first-order valence-corrected chi connectivity index (χ1v) is 7.20. The predicted octanol–water partition coefficient (Wildman–Crippen LogP) is 3.51. The number of benzene rings is 1. The fourth-order valence-corrected chi connectivity index (χ4v) is 2.41. The molecule has 21 heavy (non-hydrogen) atoms. The molecule has 0 aliphatic carbocycles. The Hall–Kier alpha value is -1.65. The van der Waals surface area contributed by atoms with Crippen molar-refractivity contribution >= 4 is 34.1 Å². The lowest BCUT2D eigenvalue weighted by molar-refractivity contribution is -0.119. The molecule has 0 spiro atoms. The summed E-state index contributed by atoms with van der Waals surface area (Å²) >= 11 is 6.29. The molecule has 0 fully saturated rings. The van der Waals surface area contributed by atoms with E-state index in [1.54, 1.807) is 12.3 Å². The van der Waals surface area contributed by atoms with Crippen molar-refractivity contribution in [3.05, 3.63) is 35.0 Å². The molecule has 1 aromatic carbocycles. The van der Waals surface area contributed by atoms with Gasteiger partial charge >= 0.3 is 0 Å². The number of hydrogen-bond donors (Lipinski definition) is 2. The Balaban J connectivity index is 2.46. The molecule has 0 bridgehead atoms. The van der Waals surface area contributed by atoms with Crippen molar-refractivity contribution in [2.75, 3.05) is 5.32 Å². The number of nitrogens with one attached hydrogen (secondary N) is 1. The summed E-state index contributed by atoms with van der Waals surface area (Å²) in [6.07, 6.45) is 1.72. The minimum absolute atomic E-state index is 0.251. The summed E-state index contributed by atoms with van der Waals surface area (Å²) < 4.78 is 0. The van der Waals surface area contributed by atoms with Crippen LogP contribution in [0.5, 0.6) is 0 Å². The van der Waals surface area contributed by atoms with Gasteiger partial charge in [0, 0.05) is 11.6 Å². The summed E-state index contributed by atoms with van der Waals surface area (Å²) in [7, 11) is 0. The van der Waals surface area contributed by atoms with E-state index < -0.39 is 6.04 Å². The second-order valence-corrected chi connectivity index (χ2v) is 6.69. The van der Waals surface area contributed by atoms with Crippen LogP contribution in [0.1, 0.15) is 26.3 Å². The number of aryl methyl sites for hydroxylation is 1. The lowest BCUT2D eigenvalue weighted by atomic mass is 9.87. The molecule has 4 nitrogen and oxygen atoms in total. The molecule has 2 aromatic rings. The van der Waals surface area contributed by atoms with E-state index in [9.17, 15) is 4.79 Å². The summed E-state index contributed by atoms with van der Waals surface area (Å²) in [4.78, 5) is 16.7. The molecule has 5 heteroatoms. The third kappa shape index (κ3) is 3.17. The summed E-state index contributed by atoms with van der Waals surface area (Å²) in [5.41, 5.74) is 8.02. The third-order valence-electron chi connectivity index (χ3n) is 3.50. The molecule has 1 atom stereocenters. The zero-order chi connectivity index (χ0) is 15.8. The van der Waals surface area contributed by atoms with Gasteiger partial charge in [-0.25, -0.2) is 0 Å². The first kappa shape index (κ1) is 15.7. The predicted molar refractivity (Wildman–Crippen MR) is 87.6 cm³/mol. The summed E-state index contributed by atoms with van der Waals surface area (Å²) in [6.45, 7) is 7.71. The molecule has 112 valence electrons. The lowest BCUT2D eigenvalue weighted by Gasteiger charge is -2.26. The fourth-order valence-electron chi connectivity index (χ4n) is 2.10. The maximum absolute atomic E-state index is 12.3. The zero-order valence-corrected chi connectivity index (χ0v) is 13.5. The zero-order valence-electron chi connectivity index (χ0n) is 12.7. The van der Waals surface area contributed by atoms with Crippen LogP contribution in [0.3, 0.4) is 0 Å². The highest BCUT2D eigenvalue weighted by Crippen LogP contribution is 2.33. The van der Waals surface area contributed by atoms with Gasteiger partial charge < -0.3 is 11.1 Å². The monoisotopic (exact) mass is 305 g/mol. The van der Waals surface area contributed by atoms with Crippen LogP contribution < -0.4 is 11.1 Å². The Morgan fingerprint density at radius 2 is 2.10 bits per heavy atom. The number of halogens is 1. The van der Waals surface area contributed by atoms with Gasteiger partial charge in [0.05, 0.1) is 22.3 Å². The number of carbonyl (C=O) groups is 1. The molecule has 0 unspecified atom stereocenters. The second kappa shape index (κ2) is 5.62. The molecule has 0 saturated carbocycles. The molecular weight excluding hydrogens is 286 g/mol. The highest BCUT2D eigenvalue weighted by atomic mass is 35.5. The number of carbonyl (C=O) groups excluding carboxylic acids is 1. The number of hydrogen-bond acceptors (Lipinski definition) is 3. The van der Waals surface area contributed by atoms with Crippen LogP contribution in [0.25, 0.3) is 10.9 Å². The molecule has 2 rings (SSSR count). The second-order valence-electron chi connectivity index (χ2n) is 6.28. The molecular formula is C16H20ClN3O. The number of nitrogens with zero attached hydrogens (tertiary/aromatic N) is 1. The van der Waals surface area contributed by atoms with Crippen molar-refractivity contribution in [1.29, 1.82) is 0 Å². The summed E-state index contributed by atoms with van der Waals surface area (Å²) in [5.74, 6) is -0.251. The van der Waals surface area contributed by atoms with Crippen molar-refractivity contribution in [2.45, 2.75) is 33.7 Å². The highest BCUT2D eigenvalue weighted by Gasteiger charge is 2.28. The Kier molecular flexibility index (Phi) is 4.21. The standard InChI is InChI=1S/C16H20ClN3O/c1-9-8-11(17)13(10-6-5-7-19-12(9)10)20-15(21)14(18)16(2,3)4/h5-8,14H,18H2,1-4H3,(H,20,21)/t14-/m0/s1. The third-order valence-corrected chi connectivity index (χ3v) is 3.79. The SMILES string of the molecule is Cc1cc(Cl)c(NC(=O)[C@H](N)C(C)(C)C)c2cccnc12. The summed E-state index contributed by atoms with van der Waals surface area (Å²) in [6, 6.07) is 4.88. The van der Waals surface area contributed by atoms with Crippen LogP contribution in [0.15, 0.2) is 24.4 Å². The molecule has 1 heterocycles. The van der Waals surface area contributed by atoms with Crippen molar-refractivity contribution in [2.24, 2.45) is 11.1 Å². The first-order chi connectivity index (χ1) is 9.71. The first-order valence-electron chi connectivity index (χ1n) is 6.82. The summed E-state index contributed by atoms with van der Waals surface area (Å²) in [5, 5.41) is 4.16. The van der Waals surface area contributed by atoms with Gasteiger partial charge in [0.15, 0.2) is 0 Å². The Morgan fingerprint density at radius 3 is 2.71 bits per heavy atom. The quantitative estimate of drug-likeness (QED) is 0.892. The maximum Gasteiger partial charge on any atom is 0.241 e. The lowest BCUT2D eigenvalue weighted by Crippen LogP contribution is -2.45. The van der Waals surface area contributed by atoms with Crippen LogP contribution in [0, 0.1) is 12.3 Å². The topological polar surface area (TPSA) is 68.0 Å². The minimum atomic E-state index is -0.624. The van der Waals surface area contributed by atoms with Gasteiger partial charge in [-0.1, -0.05) is 32.4 Å². The Morgan fingerprint density at radius 1 is 1.43 bits per heavy atom. The molecule has 0 radical (unpaired) electrons. The Bertz CT molecular complexity index is 692. The smallest absolute Gasteiger partial charge is 0.241 e. The van der Waals surface area contributed by atoms with E-state index in [4.69, 9.17) is 17.3 Å². The van der Waals surface area contributed by atoms with Crippen molar-refractivity contribution in [3.8, 4) is 0 Å². The van der Waals surface area contributed by atoms with Crippen LogP contribution in [0.4, 0.5) is 5.69 Å². The number of amides is 1. The molecule has 0 aliphatic heterocycles. The number of aromatic nitrogens is 1. The fraction of sp³-hybridized carbons (Fsp3) is 0.375. The van der Waals surface area contributed by atoms with Gasteiger partial charge in [-0.2, -0.15) is 0 Å². The van der Waals surface area contributed by atoms with Crippen LogP contribution in [-0.2, 0) is 4.79 Å². The average Bonchev–Trinajstić information content (AvgIpc) is 2.41. The Labute approximate surface area is 129 Å². The van der Waals surface area contributed by atoms with Crippen molar-refractivity contribution < 1.29 is 4.79 Å². The molecule has 0 aliphatic rings. The van der Waals surface area contributed by atoms with Gasteiger partial charge in [0.2, 0.25) is 5.91 Å². The van der Waals surface area contributed by atoms with Gasteiger partial charge in [0.25, 0.3) is 0 Å². The number of anilines is 1. The van der Waals surface area contributed by atoms with Crippen molar-refractivity contribution in [3.63, 3.8) is 0 Å². The van der Waals surface area contributed by atoms with Crippen molar-refractivity contribution in [1.82, 2.24) is 4.98 Å². The number of pyridine rings is 1. The average molecular weight is 306 g/mol. The van der Waals surface area contributed by atoms with E-state index in [1.807, 2.05) is 39.8 Å². The molecule has 1 aromatic heterocycles. The van der Waals surface area contributed by atoms with E-state index in [1.165, 1.54) is 0 Å². The van der Waals surface area contributed by atoms with E-state index >= 15 is 0 Å². The van der Waals surface area contributed by atoms with E-state index in [-0.39, 0.29) is 11.3 Å². The van der Waals surface area contributed by atoms with Gasteiger partial charge in [-0.15, -0.1) is 0 Å². The van der Waals surface area contributed by atoms with Gasteiger partial charge in [0.1, 0.15) is 0 Å². The number of nitrogens with two attached hydrogens (primary N) is 1. The molecule has 1 amide bonds. The molecule has 3 N–H and O–H groups in total. The van der Waals surface area contributed by atoms with Crippen LogP contribution in [0.2, 0.25) is 5.02 Å². The molecule has 0 saturated heterocycles. The van der Waals surface area contributed by atoms with Gasteiger partial charge in [-0.05, 0) is 36.1 Å². The van der Waals surface area contributed by atoms with E-state index in [0.29, 0.717) is 10.7 Å².